The summed E-state index contributed by atoms with van der Waals surface area (Å²) in [5.41, 5.74) is 0. The third-order valence-electron chi connectivity index (χ3n) is 3.59. The van der Waals surface area contributed by atoms with Crippen LogP contribution >= 0.6 is 0 Å². The maximum Gasteiger partial charge on any atom is 0.326 e. The Morgan fingerprint density at radius 3 is 2.92 bits per heavy atom. The number of rotatable bonds is 0. The van der Waals surface area contributed by atoms with Crippen molar-refractivity contribution in [2.24, 2.45) is 11.8 Å². The third kappa shape index (κ3) is 0.806. The SMILES string of the molecule is CN1C(=O)C[C@@H]2C3CC3CN2C1=O. The van der Waals surface area contributed by atoms with Crippen molar-refractivity contribution < 1.29 is 9.59 Å². The maximum atomic E-state index is 11.6. The first-order valence-electron chi connectivity index (χ1n) is 4.75. The monoisotopic (exact) mass is 180 g/mol. The minimum atomic E-state index is -0.0894. The van der Waals surface area contributed by atoms with Crippen LogP contribution < -0.4 is 0 Å². The van der Waals surface area contributed by atoms with E-state index in [2.05, 4.69) is 0 Å². The molecule has 3 fully saturated rings. The molecule has 2 aliphatic heterocycles. The zero-order chi connectivity index (χ0) is 9.16. The number of amides is 3. The van der Waals surface area contributed by atoms with Crippen LogP contribution in [0.3, 0.4) is 0 Å². The van der Waals surface area contributed by atoms with E-state index in [-0.39, 0.29) is 18.0 Å². The van der Waals surface area contributed by atoms with E-state index < -0.39 is 0 Å². The Balaban J connectivity index is 1.90. The Bertz CT molecular complexity index is 302. The normalized spacial score (nSPS) is 42.1. The molecule has 0 aromatic rings. The first-order valence-corrected chi connectivity index (χ1v) is 4.75. The molecule has 0 aromatic carbocycles. The van der Waals surface area contributed by atoms with Gasteiger partial charge in [0.1, 0.15) is 0 Å². The highest BCUT2D eigenvalue weighted by Crippen LogP contribution is 2.51. The van der Waals surface area contributed by atoms with Gasteiger partial charge in [0.15, 0.2) is 0 Å². The molecule has 4 nitrogen and oxygen atoms in total. The second-order valence-corrected chi connectivity index (χ2v) is 4.32. The molecule has 0 aromatic heterocycles. The summed E-state index contributed by atoms with van der Waals surface area (Å²) in [5, 5.41) is 0. The molecule has 4 heteroatoms. The molecule has 3 amide bonds. The van der Waals surface area contributed by atoms with E-state index in [0.29, 0.717) is 18.3 Å². The maximum absolute atomic E-state index is 11.6. The lowest BCUT2D eigenvalue weighted by atomic mass is 10.1. The van der Waals surface area contributed by atoms with E-state index in [1.54, 1.807) is 7.05 Å². The molecular formula is C9H12N2O2. The molecule has 2 unspecified atom stereocenters. The molecule has 0 bridgehead atoms. The molecule has 3 rings (SSSR count). The zero-order valence-corrected chi connectivity index (χ0v) is 7.56. The summed E-state index contributed by atoms with van der Waals surface area (Å²) < 4.78 is 0. The van der Waals surface area contributed by atoms with Gasteiger partial charge in [-0.25, -0.2) is 4.79 Å². The van der Waals surface area contributed by atoms with Gasteiger partial charge in [-0.1, -0.05) is 0 Å². The summed E-state index contributed by atoms with van der Waals surface area (Å²) in [7, 11) is 1.57. The largest absolute Gasteiger partial charge is 0.326 e. The van der Waals surface area contributed by atoms with E-state index in [9.17, 15) is 9.59 Å². The van der Waals surface area contributed by atoms with Gasteiger partial charge in [0.2, 0.25) is 5.91 Å². The van der Waals surface area contributed by atoms with Crippen LogP contribution in [0.4, 0.5) is 4.79 Å². The number of carbonyl (C=O) groups is 2. The molecule has 3 aliphatic rings. The van der Waals surface area contributed by atoms with Crippen molar-refractivity contribution in [1.82, 2.24) is 9.80 Å². The highest BCUT2D eigenvalue weighted by Gasteiger charge is 2.57. The summed E-state index contributed by atoms with van der Waals surface area (Å²) in [6.45, 7) is 0.881. The van der Waals surface area contributed by atoms with Gasteiger partial charge in [-0.05, 0) is 18.3 Å². The number of urea groups is 1. The Morgan fingerprint density at radius 1 is 1.38 bits per heavy atom. The average Bonchev–Trinajstić information content (AvgIpc) is 2.79. The molecule has 1 aliphatic carbocycles. The number of nitrogens with zero attached hydrogens (tertiary/aromatic N) is 2. The number of fused-ring (bicyclic) bond motifs is 3. The molecule has 0 radical (unpaired) electrons. The van der Waals surface area contributed by atoms with Crippen LogP contribution in [0.2, 0.25) is 0 Å². The molecule has 1 saturated carbocycles. The number of hydrogen-bond acceptors (Lipinski definition) is 2. The second kappa shape index (κ2) is 2.05. The number of piperidine rings is 1. The molecule has 0 spiro atoms. The Hall–Kier alpha value is -1.06. The van der Waals surface area contributed by atoms with Crippen molar-refractivity contribution in [2.75, 3.05) is 13.6 Å². The summed E-state index contributed by atoms with van der Waals surface area (Å²) in [5.74, 6) is 1.33. The lowest BCUT2D eigenvalue weighted by Crippen LogP contribution is -2.54. The zero-order valence-electron chi connectivity index (χ0n) is 7.56. The van der Waals surface area contributed by atoms with Crippen LogP contribution in [0.5, 0.6) is 0 Å². The molecule has 3 atom stereocenters. The number of imide groups is 1. The molecule has 2 saturated heterocycles. The highest BCUT2D eigenvalue weighted by molar-refractivity contribution is 5.97. The quantitative estimate of drug-likeness (QED) is 0.537. The lowest BCUT2D eigenvalue weighted by Gasteiger charge is -2.35. The molecule has 0 N–H and O–H groups in total. The van der Waals surface area contributed by atoms with Gasteiger partial charge in [-0.2, -0.15) is 0 Å². The van der Waals surface area contributed by atoms with E-state index in [1.807, 2.05) is 4.90 Å². The minimum absolute atomic E-state index is 0.0150. The summed E-state index contributed by atoms with van der Waals surface area (Å²) in [4.78, 5) is 26.1. The average molecular weight is 180 g/mol. The first kappa shape index (κ1) is 7.35. The molecule has 13 heavy (non-hydrogen) atoms. The first-order chi connectivity index (χ1) is 6.18. The van der Waals surface area contributed by atoms with Gasteiger partial charge in [0, 0.05) is 26.1 Å². The predicted molar refractivity (Wildman–Crippen MR) is 44.9 cm³/mol. The highest BCUT2D eigenvalue weighted by atomic mass is 16.2. The van der Waals surface area contributed by atoms with Crippen molar-refractivity contribution in [1.29, 1.82) is 0 Å². The Morgan fingerprint density at radius 2 is 2.15 bits per heavy atom. The summed E-state index contributed by atoms with van der Waals surface area (Å²) in [6, 6.07) is 0.148. The van der Waals surface area contributed by atoms with Crippen molar-refractivity contribution in [3.05, 3.63) is 0 Å². The minimum Gasteiger partial charge on any atom is -0.320 e. The predicted octanol–water partition coefficient (Wildman–Crippen LogP) is 0.289. The summed E-state index contributed by atoms with van der Waals surface area (Å²) >= 11 is 0. The van der Waals surface area contributed by atoms with E-state index in [1.165, 1.54) is 11.3 Å². The van der Waals surface area contributed by atoms with Crippen molar-refractivity contribution in [3.8, 4) is 0 Å². The number of carbonyl (C=O) groups excluding carboxylic acids is 2. The summed E-state index contributed by atoms with van der Waals surface area (Å²) in [6.07, 6.45) is 1.77. The van der Waals surface area contributed by atoms with Crippen molar-refractivity contribution >= 4 is 11.9 Å². The van der Waals surface area contributed by atoms with Gasteiger partial charge >= 0.3 is 6.03 Å². The van der Waals surface area contributed by atoms with Gasteiger partial charge < -0.3 is 4.90 Å². The molecular weight excluding hydrogens is 168 g/mol. The molecule has 2 heterocycles. The fourth-order valence-corrected chi connectivity index (χ4v) is 2.67. The standard InChI is InChI=1S/C9H12N2O2/c1-10-8(12)3-7-6-2-5(6)4-11(7)9(10)13/h5-7H,2-4H2,1H3/t5?,6?,7-/m1/s1. The Kier molecular flexibility index (Phi) is 1.16. The number of hydrogen-bond donors (Lipinski definition) is 0. The van der Waals surface area contributed by atoms with Gasteiger partial charge in [0.25, 0.3) is 0 Å². The van der Waals surface area contributed by atoms with Crippen LogP contribution in [0.1, 0.15) is 12.8 Å². The molecule has 70 valence electrons. The van der Waals surface area contributed by atoms with Crippen molar-refractivity contribution in [3.63, 3.8) is 0 Å². The van der Waals surface area contributed by atoms with Gasteiger partial charge in [0.05, 0.1) is 0 Å². The third-order valence-corrected chi connectivity index (χ3v) is 3.59. The Labute approximate surface area is 76.5 Å². The topological polar surface area (TPSA) is 40.6 Å². The van der Waals surface area contributed by atoms with Gasteiger partial charge in [-0.15, -0.1) is 0 Å². The van der Waals surface area contributed by atoms with Crippen molar-refractivity contribution in [2.45, 2.75) is 18.9 Å². The fraction of sp³-hybridized carbons (Fsp3) is 0.778. The van der Waals surface area contributed by atoms with Crippen LogP contribution in [0.25, 0.3) is 0 Å². The smallest absolute Gasteiger partial charge is 0.320 e. The lowest BCUT2D eigenvalue weighted by molar-refractivity contribution is -0.131. The van der Waals surface area contributed by atoms with Gasteiger partial charge in [-0.3, -0.25) is 9.69 Å². The van der Waals surface area contributed by atoms with Crippen LogP contribution in [-0.2, 0) is 4.79 Å². The van der Waals surface area contributed by atoms with Crippen LogP contribution in [0, 0.1) is 11.8 Å². The van der Waals surface area contributed by atoms with E-state index >= 15 is 0 Å². The second-order valence-electron chi connectivity index (χ2n) is 4.32. The van der Waals surface area contributed by atoms with Crippen LogP contribution in [-0.4, -0.2) is 41.4 Å². The van der Waals surface area contributed by atoms with E-state index in [0.717, 1.165) is 6.54 Å². The fourth-order valence-electron chi connectivity index (χ4n) is 2.67. The van der Waals surface area contributed by atoms with Crippen LogP contribution in [0.15, 0.2) is 0 Å². The van der Waals surface area contributed by atoms with E-state index in [4.69, 9.17) is 0 Å².